The van der Waals surface area contributed by atoms with Gasteiger partial charge in [0.1, 0.15) is 0 Å². The zero-order valence-corrected chi connectivity index (χ0v) is 9.48. The highest BCUT2D eigenvalue weighted by atomic mass is 16.3. The fourth-order valence-corrected chi connectivity index (χ4v) is 3.07. The van der Waals surface area contributed by atoms with E-state index >= 15 is 0 Å². The second kappa shape index (κ2) is 3.65. The van der Waals surface area contributed by atoms with Crippen molar-refractivity contribution < 1.29 is 4.79 Å². The van der Waals surface area contributed by atoms with Gasteiger partial charge in [-0.25, -0.2) is 0 Å². The van der Waals surface area contributed by atoms with Gasteiger partial charge < -0.3 is 5.32 Å². The van der Waals surface area contributed by atoms with Crippen LogP contribution in [0.3, 0.4) is 0 Å². The first-order valence-electron chi connectivity index (χ1n) is 6.00. The summed E-state index contributed by atoms with van der Waals surface area (Å²) in [6.45, 7) is 0. The van der Waals surface area contributed by atoms with Gasteiger partial charge >= 0.3 is 0 Å². The molecule has 4 nitrogen and oxygen atoms in total. The van der Waals surface area contributed by atoms with Crippen LogP contribution in [0, 0.1) is 4.91 Å². The van der Waals surface area contributed by atoms with E-state index in [9.17, 15) is 9.70 Å². The van der Waals surface area contributed by atoms with Crippen LogP contribution >= 0.6 is 0 Å². The zero-order chi connectivity index (χ0) is 11.9. The molecule has 1 aromatic rings. The fourth-order valence-electron chi connectivity index (χ4n) is 3.07. The normalized spacial score (nSPS) is 31.1. The van der Waals surface area contributed by atoms with Crippen molar-refractivity contribution in [3.05, 3.63) is 34.7 Å². The number of anilines is 1. The molecule has 0 saturated heterocycles. The average molecular weight is 230 g/mol. The summed E-state index contributed by atoms with van der Waals surface area (Å²) in [7, 11) is 0. The number of nitrogens with zero attached hydrogens (tertiary/aromatic N) is 1. The highest BCUT2D eigenvalue weighted by Gasteiger charge is 2.48. The molecule has 1 aliphatic carbocycles. The van der Waals surface area contributed by atoms with Gasteiger partial charge in [0.25, 0.3) is 0 Å². The van der Waals surface area contributed by atoms with Crippen molar-refractivity contribution in [2.75, 3.05) is 5.32 Å². The Kier molecular flexibility index (Phi) is 2.24. The van der Waals surface area contributed by atoms with Crippen LogP contribution in [0.15, 0.2) is 29.4 Å². The Morgan fingerprint density at radius 2 is 1.94 bits per heavy atom. The van der Waals surface area contributed by atoms with Crippen molar-refractivity contribution in [3.63, 3.8) is 0 Å². The molecule has 0 radical (unpaired) electrons. The van der Waals surface area contributed by atoms with Crippen LogP contribution < -0.4 is 5.32 Å². The predicted octanol–water partition coefficient (Wildman–Crippen LogP) is 2.59. The fraction of sp³-hybridized carbons (Fsp3) is 0.462. The molecule has 1 spiro atoms. The molecule has 3 rings (SSSR count). The molecule has 1 aromatic carbocycles. The second-order valence-corrected chi connectivity index (χ2v) is 4.92. The van der Waals surface area contributed by atoms with E-state index in [-0.39, 0.29) is 11.9 Å². The van der Waals surface area contributed by atoms with Crippen LogP contribution in [0.5, 0.6) is 0 Å². The van der Waals surface area contributed by atoms with E-state index in [0.29, 0.717) is 12.8 Å². The Bertz CT molecular complexity index is 476. The molecule has 4 heteroatoms. The lowest BCUT2D eigenvalue weighted by Gasteiger charge is -2.33. The lowest BCUT2D eigenvalue weighted by atomic mass is 9.69. The molecule has 0 atom stereocenters. The summed E-state index contributed by atoms with van der Waals surface area (Å²) in [5.41, 5.74) is 1.61. The summed E-state index contributed by atoms with van der Waals surface area (Å²) in [4.78, 5) is 22.7. The third-order valence-electron chi connectivity index (χ3n) is 4.08. The summed E-state index contributed by atoms with van der Waals surface area (Å²) >= 11 is 0. The average Bonchev–Trinajstić information content (AvgIpc) is 2.64. The molecule has 1 saturated carbocycles. The molecule has 2 aliphatic rings. The third-order valence-corrected chi connectivity index (χ3v) is 4.08. The van der Waals surface area contributed by atoms with E-state index < -0.39 is 5.41 Å². The van der Waals surface area contributed by atoms with Crippen molar-refractivity contribution in [2.24, 2.45) is 5.18 Å². The number of carbonyl (C=O) groups excluding carboxylic acids is 1. The highest BCUT2D eigenvalue weighted by Crippen LogP contribution is 2.47. The van der Waals surface area contributed by atoms with Gasteiger partial charge in [-0.05, 0) is 37.3 Å². The number of carbonyl (C=O) groups is 1. The van der Waals surface area contributed by atoms with Crippen LogP contribution in [0.4, 0.5) is 5.69 Å². The minimum Gasteiger partial charge on any atom is -0.325 e. The Morgan fingerprint density at radius 1 is 1.24 bits per heavy atom. The molecule has 1 amide bonds. The van der Waals surface area contributed by atoms with Gasteiger partial charge in [-0.2, -0.15) is 4.91 Å². The second-order valence-electron chi connectivity index (χ2n) is 4.92. The molecule has 1 N–H and O–H groups in total. The molecule has 1 aliphatic heterocycles. The molecule has 1 heterocycles. The van der Waals surface area contributed by atoms with E-state index in [2.05, 4.69) is 10.5 Å². The number of para-hydroxylation sites is 1. The van der Waals surface area contributed by atoms with Crippen LogP contribution in [-0.4, -0.2) is 11.9 Å². The monoisotopic (exact) mass is 230 g/mol. The number of hydrogen-bond donors (Lipinski definition) is 1. The minimum atomic E-state index is -0.405. The van der Waals surface area contributed by atoms with E-state index in [1.54, 1.807) is 0 Å². The lowest BCUT2D eigenvalue weighted by molar-refractivity contribution is -0.122. The van der Waals surface area contributed by atoms with Crippen molar-refractivity contribution >= 4 is 11.6 Å². The van der Waals surface area contributed by atoms with Crippen molar-refractivity contribution in [3.8, 4) is 0 Å². The Labute approximate surface area is 99.4 Å². The van der Waals surface area contributed by atoms with Gasteiger partial charge in [-0.1, -0.05) is 23.4 Å². The summed E-state index contributed by atoms with van der Waals surface area (Å²) in [5, 5.41) is 6.04. The summed E-state index contributed by atoms with van der Waals surface area (Å²) in [5.74, 6) is 0.0862. The molecule has 0 bridgehead atoms. The standard InChI is InChI=1S/C13H14N2O2/c16-12-13(7-5-9(15-17)6-8-13)10-3-1-2-4-11(10)14-12/h1-4,9H,5-8H2,(H,14,16). The number of hydrogen-bond acceptors (Lipinski definition) is 3. The van der Waals surface area contributed by atoms with Crippen molar-refractivity contribution in [2.45, 2.75) is 37.1 Å². The molecule has 0 unspecified atom stereocenters. The van der Waals surface area contributed by atoms with Gasteiger partial charge in [0.15, 0.2) is 0 Å². The number of amides is 1. The number of nitrogens with one attached hydrogen (secondary N) is 1. The number of nitroso groups, excluding NO2 is 1. The Morgan fingerprint density at radius 3 is 2.65 bits per heavy atom. The van der Waals surface area contributed by atoms with Crippen LogP contribution in [0.25, 0.3) is 0 Å². The summed E-state index contributed by atoms with van der Waals surface area (Å²) in [6.07, 6.45) is 2.88. The SMILES string of the molecule is O=NC1CCC2(CC1)C(=O)Nc1ccccc12. The maximum Gasteiger partial charge on any atom is 0.235 e. The molecule has 1 fully saturated rings. The highest BCUT2D eigenvalue weighted by molar-refractivity contribution is 6.06. The third kappa shape index (κ3) is 1.40. The van der Waals surface area contributed by atoms with Gasteiger partial charge in [0.05, 0.1) is 11.5 Å². The van der Waals surface area contributed by atoms with Crippen molar-refractivity contribution in [1.29, 1.82) is 0 Å². The van der Waals surface area contributed by atoms with Crippen LogP contribution in [-0.2, 0) is 10.2 Å². The molecular formula is C13H14N2O2. The lowest BCUT2D eigenvalue weighted by Crippen LogP contribution is -2.39. The Hall–Kier alpha value is -1.71. The first-order valence-corrected chi connectivity index (χ1v) is 6.00. The van der Waals surface area contributed by atoms with Crippen LogP contribution in [0.2, 0.25) is 0 Å². The summed E-state index contributed by atoms with van der Waals surface area (Å²) < 4.78 is 0. The van der Waals surface area contributed by atoms with E-state index in [1.165, 1.54) is 0 Å². The molecular weight excluding hydrogens is 216 g/mol. The van der Waals surface area contributed by atoms with E-state index in [1.807, 2.05) is 24.3 Å². The maximum absolute atomic E-state index is 12.2. The number of fused-ring (bicyclic) bond motifs is 2. The molecule has 88 valence electrons. The largest absolute Gasteiger partial charge is 0.325 e. The zero-order valence-electron chi connectivity index (χ0n) is 9.48. The predicted molar refractivity (Wildman–Crippen MR) is 64.8 cm³/mol. The molecule has 17 heavy (non-hydrogen) atoms. The minimum absolute atomic E-state index is 0.0862. The van der Waals surface area contributed by atoms with Gasteiger partial charge in [0, 0.05) is 5.69 Å². The van der Waals surface area contributed by atoms with Gasteiger partial charge in [0.2, 0.25) is 5.91 Å². The maximum atomic E-state index is 12.2. The van der Waals surface area contributed by atoms with E-state index in [0.717, 1.165) is 24.1 Å². The number of rotatable bonds is 1. The smallest absolute Gasteiger partial charge is 0.235 e. The van der Waals surface area contributed by atoms with Crippen molar-refractivity contribution in [1.82, 2.24) is 0 Å². The Balaban J connectivity index is 1.98. The summed E-state index contributed by atoms with van der Waals surface area (Å²) in [6, 6.07) is 7.73. The topological polar surface area (TPSA) is 58.5 Å². The quantitative estimate of drug-likeness (QED) is 0.754. The van der Waals surface area contributed by atoms with Gasteiger partial charge in [-0.3, -0.25) is 4.79 Å². The first-order chi connectivity index (χ1) is 8.26. The first kappa shape index (κ1) is 10.4. The van der Waals surface area contributed by atoms with Gasteiger partial charge in [-0.15, -0.1) is 0 Å². The molecule has 0 aromatic heterocycles. The van der Waals surface area contributed by atoms with E-state index in [4.69, 9.17) is 0 Å². The van der Waals surface area contributed by atoms with Crippen LogP contribution in [0.1, 0.15) is 31.2 Å². The number of benzene rings is 1.